The van der Waals surface area contributed by atoms with Crippen LogP contribution in [-0.4, -0.2) is 80.9 Å². The van der Waals surface area contributed by atoms with Crippen LogP contribution < -0.4 is 10.6 Å². The molecule has 3 aliphatic heterocycles. The van der Waals surface area contributed by atoms with Crippen molar-refractivity contribution in [3.8, 4) is 0 Å². The summed E-state index contributed by atoms with van der Waals surface area (Å²) in [5, 5.41) is 23.7. The molecule has 206 valence electrons. The van der Waals surface area contributed by atoms with Crippen molar-refractivity contribution < 1.29 is 9.59 Å². The average Bonchev–Trinajstić information content (AvgIpc) is 3.48. The lowest BCUT2D eigenvalue weighted by Gasteiger charge is -2.23. The first kappa shape index (κ1) is 33.4. The second-order valence-electron chi connectivity index (χ2n) is 9.88. The largest absolute Gasteiger partial charge is 0.359 e. The first-order valence-electron chi connectivity index (χ1n) is 12.4. The summed E-state index contributed by atoms with van der Waals surface area (Å²) in [6.45, 7) is 17.9. The fourth-order valence-corrected chi connectivity index (χ4v) is 3.64. The Morgan fingerprint density at radius 2 is 1.14 bits per heavy atom. The van der Waals surface area contributed by atoms with Crippen LogP contribution in [0, 0.1) is 5.92 Å². The zero-order chi connectivity index (χ0) is 26.7. The first-order valence-corrected chi connectivity index (χ1v) is 12.9. The summed E-state index contributed by atoms with van der Waals surface area (Å²) in [4.78, 5) is 22.7. The van der Waals surface area contributed by atoms with Gasteiger partial charge in [0.05, 0.1) is 18.1 Å². The molecule has 0 spiro atoms. The number of rotatable bonds is 3. The molecule has 0 aliphatic carbocycles. The molecule has 0 bridgehead atoms. The molecule has 11 heteroatoms. The Morgan fingerprint density at radius 3 is 1.47 bits per heavy atom. The molecule has 3 unspecified atom stereocenters. The van der Waals surface area contributed by atoms with E-state index in [1.54, 1.807) is 17.4 Å². The molecule has 10 nitrogen and oxygen atoms in total. The van der Waals surface area contributed by atoms with Gasteiger partial charge >= 0.3 is 6.03 Å². The third kappa shape index (κ3) is 11.0. The number of hydrazone groups is 3. The van der Waals surface area contributed by atoms with Gasteiger partial charge in [0.1, 0.15) is 0 Å². The van der Waals surface area contributed by atoms with E-state index in [9.17, 15) is 9.59 Å². The lowest BCUT2D eigenvalue weighted by Crippen LogP contribution is -2.42. The van der Waals surface area contributed by atoms with E-state index in [-0.39, 0.29) is 43.4 Å². The second-order valence-corrected chi connectivity index (χ2v) is 10.3. The van der Waals surface area contributed by atoms with Gasteiger partial charge in [-0.15, -0.1) is 0 Å². The normalized spacial score (nSPS) is 21.8. The second kappa shape index (κ2) is 16.2. The SMILES string of the molecule is C.CC(C)C(=O)N1N=CCC1C.CC(C)NC(=O)N1N=CCC1C.CC(C)NC(=S)N1N=CCC1C. The molecular formula is C25H48N8O2S. The summed E-state index contributed by atoms with van der Waals surface area (Å²) in [5.74, 6) is 0.166. The van der Waals surface area contributed by atoms with Crippen LogP contribution in [0.25, 0.3) is 0 Å². The van der Waals surface area contributed by atoms with Gasteiger partial charge < -0.3 is 10.6 Å². The fourth-order valence-electron chi connectivity index (χ4n) is 3.17. The minimum Gasteiger partial charge on any atom is -0.359 e. The lowest BCUT2D eigenvalue weighted by atomic mass is 10.2. The third-order valence-electron chi connectivity index (χ3n) is 5.17. The summed E-state index contributed by atoms with van der Waals surface area (Å²) in [7, 11) is 0. The Balaban J connectivity index is 0.000000504. The molecule has 3 heterocycles. The van der Waals surface area contributed by atoms with Crippen LogP contribution >= 0.6 is 12.2 Å². The maximum Gasteiger partial charge on any atom is 0.338 e. The first-order chi connectivity index (χ1) is 16.3. The van der Waals surface area contributed by atoms with E-state index >= 15 is 0 Å². The lowest BCUT2D eigenvalue weighted by molar-refractivity contribution is -0.135. The van der Waals surface area contributed by atoms with Crippen molar-refractivity contribution in [2.24, 2.45) is 21.2 Å². The van der Waals surface area contributed by atoms with Gasteiger partial charge in [0.25, 0.3) is 0 Å². The number of nitrogens with zero attached hydrogens (tertiary/aromatic N) is 6. The molecule has 36 heavy (non-hydrogen) atoms. The number of carbonyl (C=O) groups is 2. The van der Waals surface area contributed by atoms with E-state index in [1.807, 2.05) is 52.8 Å². The highest BCUT2D eigenvalue weighted by Crippen LogP contribution is 2.14. The molecule has 0 saturated carbocycles. The van der Waals surface area contributed by atoms with E-state index in [2.05, 4.69) is 46.7 Å². The quantitative estimate of drug-likeness (QED) is 0.532. The molecule has 3 atom stereocenters. The number of thiocarbonyl (C=S) groups is 1. The Morgan fingerprint density at radius 1 is 0.750 bits per heavy atom. The molecule has 0 aromatic heterocycles. The summed E-state index contributed by atoms with van der Waals surface area (Å²) in [6, 6.07) is 1.30. The Hall–Kier alpha value is -2.56. The number of nitrogens with one attached hydrogen (secondary N) is 2. The zero-order valence-electron chi connectivity index (χ0n) is 22.7. The summed E-state index contributed by atoms with van der Waals surface area (Å²) in [6.07, 6.45) is 8.19. The number of carbonyl (C=O) groups excluding carboxylic acids is 2. The maximum atomic E-state index is 11.4. The predicted octanol–water partition coefficient (Wildman–Crippen LogP) is 4.42. The summed E-state index contributed by atoms with van der Waals surface area (Å²) < 4.78 is 0. The van der Waals surface area contributed by atoms with Gasteiger partial charge in [0, 0.05) is 55.9 Å². The van der Waals surface area contributed by atoms with Crippen molar-refractivity contribution in [2.45, 2.75) is 119 Å². The van der Waals surface area contributed by atoms with E-state index in [0.29, 0.717) is 12.1 Å². The summed E-state index contributed by atoms with van der Waals surface area (Å²) >= 11 is 5.17. The van der Waals surface area contributed by atoms with Crippen molar-refractivity contribution >= 4 is 47.9 Å². The average molecular weight is 525 g/mol. The molecule has 0 saturated heterocycles. The highest BCUT2D eigenvalue weighted by molar-refractivity contribution is 7.80. The molecule has 3 aliphatic rings. The van der Waals surface area contributed by atoms with Crippen LogP contribution in [0.15, 0.2) is 15.3 Å². The van der Waals surface area contributed by atoms with Crippen LogP contribution in [0.4, 0.5) is 4.79 Å². The van der Waals surface area contributed by atoms with Crippen LogP contribution in [0.1, 0.15) is 89.0 Å². The van der Waals surface area contributed by atoms with Gasteiger partial charge in [-0.05, 0) is 60.7 Å². The van der Waals surface area contributed by atoms with Crippen LogP contribution in [-0.2, 0) is 4.79 Å². The smallest absolute Gasteiger partial charge is 0.338 e. The van der Waals surface area contributed by atoms with E-state index in [4.69, 9.17) is 12.2 Å². The topological polar surface area (TPSA) is 105 Å². The van der Waals surface area contributed by atoms with Gasteiger partial charge in [-0.25, -0.2) is 19.8 Å². The standard InChI is InChI=1S/C8H15N3O.C8H15N3S.C8H14N2O.CH4/c2*1-6(2)10-8(12)11-7(3)4-5-9-11;1-6(2)8(11)10-7(3)4-5-9-10;/h2*5-7H,4H2,1-3H3,(H,10,12);5-7H,4H2,1-3H3;1H4. The van der Waals surface area contributed by atoms with E-state index < -0.39 is 0 Å². The minimum absolute atomic E-state index is 0. The van der Waals surface area contributed by atoms with E-state index in [1.165, 1.54) is 5.01 Å². The molecule has 3 amide bonds. The molecule has 0 aromatic rings. The molecule has 0 radical (unpaired) electrons. The Bertz CT molecular complexity index is 753. The van der Waals surface area contributed by atoms with Gasteiger partial charge in [-0.3, -0.25) is 4.79 Å². The van der Waals surface area contributed by atoms with Crippen molar-refractivity contribution in [3.05, 3.63) is 0 Å². The van der Waals surface area contributed by atoms with Crippen molar-refractivity contribution in [1.82, 2.24) is 25.7 Å². The monoisotopic (exact) mass is 524 g/mol. The number of hydrogen-bond donors (Lipinski definition) is 2. The van der Waals surface area contributed by atoms with Crippen molar-refractivity contribution in [2.75, 3.05) is 0 Å². The Labute approximate surface area is 223 Å². The van der Waals surface area contributed by atoms with Gasteiger partial charge in [-0.1, -0.05) is 21.3 Å². The number of urea groups is 1. The van der Waals surface area contributed by atoms with Crippen molar-refractivity contribution in [3.63, 3.8) is 0 Å². The van der Waals surface area contributed by atoms with Crippen molar-refractivity contribution in [1.29, 1.82) is 0 Å². The zero-order valence-corrected chi connectivity index (χ0v) is 23.5. The van der Waals surface area contributed by atoms with Crippen LogP contribution in [0.3, 0.4) is 0 Å². The molecule has 0 fully saturated rings. The molecular weight excluding hydrogens is 476 g/mol. The molecule has 0 aromatic carbocycles. The van der Waals surface area contributed by atoms with Gasteiger partial charge in [-0.2, -0.15) is 15.3 Å². The van der Waals surface area contributed by atoms with E-state index in [0.717, 1.165) is 24.4 Å². The summed E-state index contributed by atoms with van der Waals surface area (Å²) in [5.41, 5.74) is 0. The molecule has 3 rings (SSSR count). The third-order valence-corrected chi connectivity index (χ3v) is 5.48. The highest BCUT2D eigenvalue weighted by Gasteiger charge is 2.24. The van der Waals surface area contributed by atoms with Gasteiger partial charge in [0.2, 0.25) is 5.91 Å². The van der Waals surface area contributed by atoms with Crippen LogP contribution in [0.5, 0.6) is 0 Å². The Kier molecular flexibility index (Phi) is 15.1. The minimum atomic E-state index is -0.105. The highest BCUT2D eigenvalue weighted by atomic mass is 32.1. The number of amides is 3. The predicted molar refractivity (Wildman–Crippen MR) is 154 cm³/mol. The molecule has 2 N–H and O–H groups in total. The number of hydrogen-bond acceptors (Lipinski definition) is 6. The fraction of sp³-hybridized carbons (Fsp3) is 0.760. The van der Waals surface area contributed by atoms with Crippen LogP contribution in [0.2, 0.25) is 0 Å². The van der Waals surface area contributed by atoms with Gasteiger partial charge in [0.15, 0.2) is 5.11 Å². The maximum absolute atomic E-state index is 11.4.